The second-order valence-electron chi connectivity index (χ2n) is 4.29. The van der Waals surface area contributed by atoms with Crippen LogP contribution in [0.1, 0.15) is 11.1 Å². The molecule has 0 aliphatic rings. The Labute approximate surface area is 117 Å². The fraction of sp³-hybridized carbons (Fsp3) is 0.133. The lowest BCUT2D eigenvalue weighted by atomic mass is 10.1. The number of halogens is 1. The molecule has 0 saturated carbocycles. The number of anilines is 1. The van der Waals surface area contributed by atoms with E-state index in [4.69, 9.17) is 16.3 Å². The van der Waals surface area contributed by atoms with Crippen molar-refractivity contribution in [2.24, 2.45) is 0 Å². The van der Waals surface area contributed by atoms with Crippen LogP contribution in [0.2, 0.25) is 5.02 Å². The molecule has 1 amide bonds. The van der Waals surface area contributed by atoms with Gasteiger partial charge >= 0.3 is 6.09 Å². The van der Waals surface area contributed by atoms with Crippen LogP contribution < -0.4 is 10.1 Å². The molecule has 98 valence electrons. The first-order valence-electron chi connectivity index (χ1n) is 5.86. The first-order chi connectivity index (χ1) is 9.04. The average Bonchev–Trinajstić information content (AvgIpc) is 2.36. The molecule has 0 fully saturated rings. The largest absolute Gasteiger partial charge is 0.417 e. The van der Waals surface area contributed by atoms with Gasteiger partial charge in [0.1, 0.15) is 5.75 Å². The topological polar surface area (TPSA) is 38.3 Å². The Morgan fingerprint density at radius 1 is 1.11 bits per heavy atom. The smallest absolute Gasteiger partial charge is 0.410 e. The standard InChI is InChI=1S/C15H14ClNO2/c1-10-3-8-14(11(2)9-10)17-15(18)19-13-6-4-12(16)5-7-13/h3-9H,1-2H3,(H,17,18). The van der Waals surface area contributed by atoms with Gasteiger partial charge in [0.25, 0.3) is 0 Å². The lowest BCUT2D eigenvalue weighted by Crippen LogP contribution is -2.17. The lowest BCUT2D eigenvalue weighted by Gasteiger charge is -2.09. The zero-order valence-electron chi connectivity index (χ0n) is 10.7. The van der Waals surface area contributed by atoms with E-state index >= 15 is 0 Å². The van der Waals surface area contributed by atoms with Crippen LogP contribution in [0.15, 0.2) is 42.5 Å². The van der Waals surface area contributed by atoms with E-state index in [-0.39, 0.29) is 0 Å². The molecule has 1 N–H and O–H groups in total. The molecular formula is C15H14ClNO2. The van der Waals surface area contributed by atoms with Crippen LogP contribution in [0.25, 0.3) is 0 Å². The van der Waals surface area contributed by atoms with Gasteiger partial charge in [-0.25, -0.2) is 4.79 Å². The number of hydrogen-bond acceptors (Lipinski definition) is 2. The van der Waals surface area contributed by atoms with Gasteiger partial charge in [-0.05, 0) is 49.7 Å². The lowest BCUT2D eigenvalue weighted by molar-refractivity contribution is 0.215. The normalized spacial score (nSPS) is 10.1. The molecule has 0 aromatic heterocycles. The van der Waals surface area contributed by atoms with Gasteiger partial charge < -0.3 is 4.74 Å². The summed E-state index contributed by atoms with van der Waals surface area (Å²) in [5.41, 5.74) is 2.88. The molecule has 0 aliphatic heterocycles. The maximum atomic E-state index is 11.7. The molecule has 0 atom stereocenters. The van der Waals surface area contributed by atoms with E-state index < -0.39 is 6.09 Å². The van der Waals surface area contributed by atoms with Crippen molar-refractivity contribution in [3.05, 3.63) is 58.6 Å². The molecule has 2 aromatic rings. The van der Waals surface area contributed by atoms with Crippen LogP contribution in [-0.2, 0) is 0 Å². The third-order valence-corrected chi connectivity index (χ3v) is 2.89. The minimum atomic E-state index is -0.519. The number of aryl methyl sites for hydroxylation is 2. The summed E-state index contributed by atoms with van der Waals surface area (Å²) in [6.45, 7) is 3.94. The van der Waals surface area contributed by atoms with Crippen molar-refractivity contribution >= 4 is 23.4 Å². The molecule has 0 saturated heterocycles. The predicted molar refractivity (Wildman–Crippen MR) is 77.0 cm³/mol. The number of ether oxygens (including phenoxy) is 1. The summed E-state index contributed by atoms with van der Waals surface area (Å²) in [7, 11) is 0. The summed E-state index contributed by atoms with van der Waals surface area (Å²) >= 11 is 5.76. The summed E-state index contributed by atoms with van der Waals surface area (Å²) < 4.78 is 5.15. The minimum absolute atomic E-state index is 0.451. The quantitative estimate of drug-likeness (QED) is 0.872. The van der Waals surface area contributed by atoms with E-state index in [1.807, 2.05) is 32.0 Å². The molecule has 0 aliphatic carbocycles. The van der Waals surface area contributed by atoms with Crippen LogP contribution >= 0.6 is 11.6 Å². The Bertz CT molecular complexity index is 594. The first-order valence-corrected chi connectivity index (χ1v) is 6.24. The van der Waals surface area contributed by atoms with Gasteiger partial charge in [0.05, 0.1) is 0 Å². The van der Waals surface area contributed by atoms with E-state index in [9.17, 15) is 4.79 Å². The average molecular weight is 276 g/mol. The summed E-state index contributed by atoms with van der Waals surface area (Å²) in [5.74, 6) is 0.451. The Kier molecular flexibility index (Phi) is 4.07. The summed E-state index contributed by atoms with van der Waals surface area (Å²) in [6, 6.07) is 12.4. The van der Waals surface area contributed by atoms with Gasteiger partial charge in [0.15, 0.2) is 0 Å². The molecule has 0 radical (unpaired) electrons. The highest BCUT2D eigenvalue weighted by atomic mass is 35.5. The SMILES string of the molecule is Cc1ccc(NC(=O)Oc2ccc(Cl)cc2)c(C)c1. The fourth-order valence-electron chi connectivity index (χ4n) is 1.70. The predicted octanol–water partition coefficient (Wildman–Crippen LogP) is 4.57. The number of nitrogens with one attached hydrogen (secondary N) is 1. The van der Waals surface area contributed by atoms with Crippen LogP contribution in [0.4, 0.5) is 10.5 Å². The maximum Gasteiger partial charge on any atom is 0.417 e. The van der Waals surface area contributed by atoms with Gasteiger partial charge in [0.2, 0.25) is 0 Å². The number of rotatable bonds is 2. The van der Waals surface area contributed by atoms with E-state index in [1.54, 1.807) is 24.3 Å². The first kappa shape index (κ1) is 13.4. The minimum Gasteiger partial charge on any atom is -0.410 e. The van der Waals surface area contributed by atoms with Gasteiger partial charge in [0, 0.05) is 10.7 Å². The Hall–Kier alpha value is -2.00. The molecular weight excluding hydrogens is 262 g/mol. The number of carbonyl (C=O) groups excluding carboxylic acids is 1. The molecule has 0 spiro atoms. The molecule has 0 heterocycles. The summed E-state index contributed by atoms with van der Waals surface area (Å²) in [6.07, 6.45) is -0.519. The van der Waals surface area contributed by atoms with Crippen LogP contribution in [-0.4, -0.2) is 6.09 Å². The van der Waals surface area contributed by atoms with E-state index in [2.05, 4.69) is 5.32 Å². The van der Waals surface area contributed by atoms with E-state index in [0.29, 0.717) is 10.8 Å². The van der Waals surface area contributed by atoms with Crippen LogP contribution in [0.3, 0.4) is 0 Å². The number of benzene rings is 2. The second-order valence-corrected chi connectivity index (χ2v) is 4.72. The van der Waals surface area contributed by atoms with Crippen LogP contribution in [0, 0.1) is 13.8 Å². The zero-order chi connectivity index (χ0) is 13.8. The van der Waals surface area contributed by atoms with Crippen molar-refractivity contribution in [2.45, 2.75) is 13.8 Å². The van der Waals surface area contributed by atoms with Gasteiger partial charge in [-0.15, -0.1) is 0 Å². The summed E-state index contributed by atoms with van der Waals surface area (Å²) in [4.78, 5) is 11.7. The highest BCUT2D eigenvalue weighted by Crippen LogP contribution is 2.18. The molecule has 0 bridgehead atoms. The summed E-state index contributed by atoms with van der Waals surface area (Å²) in [5, 5.41) is 3.31. The fourth-order valence-corrected chi connectivity index (χ4v) is 1.82. The monoisotopic (exact) mass is 275 g/mol. The van der Waals surface area contributed by atoms with Crippen molar-refractivity contribution in [2.75, 3.05) is 5.32 Å². The molecule has 0 unspecified atom stereocenters. The highest BCUT2D eigenvalue weighted by molar-refractivity contribution is 6.30. The third-order valence-electron chi connectivity index (χ3n) is 2.64. The van der Waals surface area contributed by atoms with Crippen LogP contribution in [0.5, 0.6) is 5.75 Å². The maximum absolute atomic E-state index is 11.7. The van der Waals surface area contributed by atoms with E-state index in [1.165, 1.54) is 0 Å². The Morgan fingerprint density at radius 3 is 2.42 bits per heavy atom. The third kappa shape index (κ3) is 3.73. The van der Waals surface area contributed by atoms with Crippen molar-refractivity contribution in [3.8, 4) is 5.75 Å². The zero-order valence-corrected chi connectivity index (χ0v) is 11.5. The number of hydrogen-bond donors (Lipinski definition) is 1. The molecule has 2 rings (SSSR count). The molecule has 19 heavy (non-hydrogen) atoms. The Balaban J connectivity index is 2.03. The number of amides is 1. The molecule has 3 nitrogen and oxygen atoms in total. The van der Waals surface area contributed by atoms with Gasteiger partial charge in [-0.3, -0.25) is 5.32 Å². The van der Waals surface area contributed by atoms with Crippen molar-refractivity contribution in [1.29, 1.82) is 0 Å². The molecule has 2 aromatic carbocycles. The van der Waals surface area contributed by atoms with Crippen molar-refractivity contribution in [1.82, 2.24) is 0 Å². The van der Waals surface area contributed by atoms with Gasteiger partial charge in [-0.2, -0.15) is 0 Å². The number of carbonyl (C=O) groups is 1. The second kappa shape index (κ2) is 5.76. The van der Waals surface area contributed by atoms with E-state index in [0.717, 1.165) is 16.8 Å². The van der Waals surface area contributed by atoms with Crippen molar-refractivity contribution in [3.63, 3.8) is 0 Å². The van der Waals surface area contributed by atoms with Gasteiger partial charge in [-0.1, -0.05) is 29.3 Å². The van der Waals surface area contributed by atoms with Crippen molar-refractivity contribution < 1.29 is 9.53 Å². The highest BCUT2D eigenvalue weighted by Gasteiger charge is 2.07. The Morgan fingerprint density at radius 2 is 1.79 bits per heavy atom. The molecule has 4 heteroatoms.